The minimum atomic E-state index is -1.07. The second kappa shape index (κ2) is 18.4. The molecular weight excluding hydrogens is 582 g/mol. The van der Waals surface area contributed by atoms with Crippen molar-refractivity contribution in [1.82, 2.24) is 25.3 Å². The fourth-order valence-corrected chi connectivity index (χ4v) is 5.31. The zero-order valence-corrected chi connectivity index (χ0v) is 27.3. The smallest absolute Gasteiger partial charge is 0.305 e. The molecule has 14 heteroatoms. The van der Waals surface area contributed by atoms with E-state index >= 15 is 0 Å². The number of aliphatic carboxylic acids is 1. The highest BCUT2D eigenvalue weighted by Gasteiger charge is 2.41. The van der Waals surface area contributed by atoms with Crippen molar-refractivity contribution in [3.8, 4) is 0 Å². The molecule has 0 aromatic heterocycles. The average Bonchev–Trinajstić information content (AvgIpc) is 3.48. The first-order chi connectivity index (χ1) is 20.1. The highest BCUT2D eigenvalue weighted by Crippen LogP contribution is 2.24. The number of likely N-dealkylation sites (N-methyl/N-ethyl adjacent to an activating group) is 2. The monoisotopic (exact) mass is 633 g/mol. The number of nitrogens with zero attached hydrogens (tertiary/aromatic N) is 3. The van der Waals surface area contributed by atoms with Gasteiger partial charge < -0.3 is 35.8 Å². The molecular formula is C29H52ClN5O8. The average molecular weight is 634 g/mol. The van der Waals surface area contributed by atoms with E-state index in [0.717, 1.165) is 0 Å². The summed E-state index contributed by atoms with van der Waals surface area (Å²) < 4.78 is 0. The summed E-state index contributed by atoms with van der Waals surface area (Å²) in [4.78, 5) is 68.8. The van der Waals surface area contributed by atoms with Gasteiger partial charge in [-0.05, 0) is 31.6 Å². The lowest BCUT2D eigenvalue weighted by Gasteiger charge is -2.39. The number of aliphatic hydroxyl groups is 2. The molecule has 0 bridgehead atoms. The van der Waals surface area contributed by atoms with Crippen LogP contribution in [0.3, 0.4) is 0 Å². The van der Waals surface area contributed by atoms with Crippen LogP contribution in [0.25, 0.3) is 0 Å². The standard InChI is InChI=1S/C29H52ClN5O8/c1-8-17(3)24(32-27(41)21-11-10-14-35(21)22(37)15-20(36)16-30)28(42)34(7)25(18(4)9-2)29(43)33(6)19(5)26(40)31-13-12-23(38)39/h17-22,24-25,36-37H,8-16H2,1-7H3,(H,31,40)(H,32,41)(H,38,39)/t17-,18-,19-,20?,21-,22?,24-,25-/m0/s1. The van der Waals surface area contributed by atoms with E-state index in [-0.39, 0.29) is 37.1 Å². The van der Waals surface area contributed by atoms with Crippen LogP contribution in [0.4, 0.5) is 0 Å². The van der Waals surface area contributed by atoms with Gasteiger partial charge >= 0.3 is 5.97 Å². The first kappa shape index (κ1) is 38.5. The van der Waals surface area contributed by atoms with E-state index in [2.05, 4.69) is 10.6 Å². The van der Waals surface area contributed by atoms with Crippen molar-refractivity contribution >= 4 is 41.2 Å². The number of alkyl halides is 1. The van der Waals surface area contributed by atoms with Gasteiger partial charge in [-0.15, -0.1) is 11.6 Å². The third-order valence-electron chi connectivity index (χ3n) is 8.56. The van der Waals surface area contributed by atoms with Crippen molar-refractivity contribution in [3.63, 3.8) is 0 Å². The van der Waals surface area contributed by atoms with Crippen LogP contribution < -0.4 is 10.6 Å². The number of nitrogens with one attached hydrogen (secondary N) is 2. The van der Waals surface area contributed by atoms with Crippen LogP contribution in [0.15, 0.2) is 0 Å². The zero-order valence-electron chi connectivity index (χ0n) is 26.6. The molecule has 1 heterocycles. The van der Waals surface area contributed by atoms with E-state index in [1.54, 1.807) is 4.90 Å². The molecule has 0 aromatic rings. The third kappa shape index (κ3) is 10.9. The molecule has 248 valence electrons. The maximum atomic E-state index is 14.0. The number of aliphatic hydroxyl groups excluding tert-OH is 2. The summed E-state index contributed by atoms with van der Waals surface area (Å²) in [5.41, 5.74) is 0. The van der Waals surface area contributed by atoms with Gasteiger partial charge in [0.25, 0.3) is 0 Å². The lowest BCUT2D eigenvalue weighted by molar-refractivity contribution is -0.151. The quantitative estimate of drug-likeness (QED) is 0.135. The molecule has 1 fully saturated rings. The van der Waals surface area contributed by atoms with Gasteiger partial charge in [-0.2, -0.15) is 0 Å². The number of carbonyl (C=O) groups excluding carboxylic acids is 4. The SMILES string of the molecule is CC[C@H](C)[C@H](NC(=O)[C@@H]1CCCN1C(O)CC(O)CCl)C(=O)N(C)[C@H](C(=O)N(C)[C@@H](C)C(=O)NCCC(=O)O)[C@@H](C)CC. The van der Waals surface area contributed by atoms with Crippen molar-refractivity contribution < 1.29 is 39.3 Å². The topological polar surface area (TPSA) is 180 Å². The lowest BCUT2D eigenvalue weighted by Crippen LogP contribution is -2.61. The molecule has 1 saturated heterocycles. The largest absolute Gasteiger partial charge is 0.481 e. The Morgan fingerprint density at radius 1 is 0.977 bits per heavy atom. The van der Waals surface area contributed by atoms with Crippen molar-refractivity contribution in [2.75, 3.05) is 33.1 Å². The Labute approximate surface area is 260 Å². The molecule has 5 N–H and O–H groups in total. The van der Waals surface area contributed by atoms with Gasteiger partial charge in [0.1, 0.15) is 24.4 Å². The molecule has 0 radical (unpaired) electrons. The Bertz CT molecular complexity index is 956. The highest BCUT2D eigenvalue weighted by molar-refractivity contribution is 6.18. The first-order valence-electron chi connectivity index (χ1n) is 15.1. The molecule has 13 nitrogen and oxygen atoms in total. The van der Waals surface area contributed by atoms with Crippen molar-refractivity contribution in [3.05, 3.63) is 0 Å². The maximum Gasteiger partial charge on any atom is 0.305 e. The first-order valence-corrected chi connectivity index (χ1v) is 15.7. The summed E-state index contributed by atoms with van der Waals surface area (Å²) >= 11 is 5.68. The number of carbonyl (C=O) groups is 5. The molecule has 1 aliphatic rings. The Morgan fingerprint density at radius 2 is 1.58 bits per heavy atom. The van der Waals surface area contributed by atoms with Gasteiger partial charge in [-0.1, -0.05) is 40.5 Å². The number of hydrogen-bond donors (Lipinski definition) is 5. The molecule has 8 atom stereocenters. The highest BCUT2D eigenvalue weighted by atomic mass is 35.5. The summed E-state index contributed by atoms with van der Waals surface area (Å²) in [6.45, 7) is 9.36. The van der Waals surface area contributed by atoms with E-state index in [1.165, 1.54) is 30.8 Å². The molecule has 4 amide bonds. The molecule has 43 heavy (non-hydrogen) atoms. The Hall–Kier alpha value is -2.48. The van der Waals surface area contributed by atoms with Crippen LogP contribution in [0, 0.1) is 11.8 Å². The predicted molar refractivity (Wildman–Crippen MR) is 162 cm³/mol. The Kier molecular flexibility index (Phi) is 16.5. The van der Waals surface area contributed by atoms with Crippen LogP contribution in [0.1, 0.15) is 73.1 Å². The predicted octanol–water partition coefficient (Wildman–Crippen LogP) is 0.601. The fraction of sp³-hybridized carbons (Fsp3) is 0.828. The Balaban J connectivity index is 3.16. The zero-order chi connectivity index (χ0) is 33.0. The van der Waals surface area contributed by atoms with E-state index < -0.39 is 66.1 Å². The maximum absolute atomic E-state index is 14.0. The van der Waals surface area contributed by atoms with Gasteiger partial charge in [0.05, 0.1) is 18.6 Å². The Morgan fingerprint density at radius 3 is 2.12 bits per heavy atom. The van der Waals surface area contributed by atoms with Gasteiger partial charge in [0, 0.05) is 39.5 Å². The van der Waals surface area contributed by atoms with E-state index in [1.807, 2.05) is 27.7 Å². The fourth-order valence-electron chi connectivity index (χ4n) is 5.19. The summed E-state index contributed by atoms with van der Waals surface area (Å²) in [6, 6.07) is -3.49. The van der Waals surface area contributed by atoms with Gasteiger partial charge in [-0.25, -0.2) is 0 Å². The molecule has 0 spiro atoms. The van der Waals surface area contributed by atoms with Crippen LogP contribution in [0.5, 0.6) is 0 Å². The second-order valence-corrected chi connectivity index (χ2v) is 11.9. The molecule has 0 saturated carbocycles. The number of hydrogen-bond acceptors (Lipinski definition) is 8. The van der Waals surface area contributed by atoms with Crippen LogP contribution in [-0.2, 0) is 24.0 Å². The van der Waals surface area contributed by atoms with Crippen molar-refractivity contribution in [2.45, 2.75) is 110 Å². The molecule has 0 aliphatic carbocycles. The van der Waals surface area contributed by atoms with E-state index in [0.29, 0.717) is 32.2 Å². The minimum Gasteiger partial charge on any atom is -0.481 e. The number of carboxylic acids is 1. The molecule has 1 rings (SSSR count). The normalized spacial score (nSPS) is 20.2. The third-order valence-corrected chi connectivity index (χ3v) is 8.92. The number of amides is 4. The number of rotatable bonds is 18. The van der Waals surface area contributed by atoms with Gasteiger partial charge in [0.2, 0.25) is 23.6 Å². The van der Waals surface area contributed by atoms with Gasteiger partial charge in [0.15, 0.2) is 0 Å². The van der Waals surface area contributed by atoms with E-state index in [9.17, 15) is 34.2 Å². The van der Waals surface area contributed by atoms with Gasteiger partial charge in [-0.3, -0.25) is 28.9 Å². The summed E-state index contributed by atoms with van der Waals surface area (Å²) in [5, 5.41) is 34.7. The summed E-state index contributed by atoms with van der Waals surface area (Å²) in [5.74, 6) is -3.49. The summed E-state index contributed by atoms with van der Waals surface area (Å²) in [7, 11) is 2.98. The van der Waals surface area contributed by atoms with E-state index in [4.69, 9.17) is 16.7 Å². The van der Waals surface area contributed by atoms with Crippen LogP contribution >= 0.6 is 11.6 Å². The van der Waals surface area contributed by atoms with Crippen molar-refractivity contribution in [2.24, 2.45) is 11.8 Å². The lowest BCUT2D eigenvalue weighted by atomic mass is 9.92. The number of carboxylic acid groups (broad SMARTS) is 1. The summed E-state index contributed by atoms with van der Waals surface area (Å²) in [6.07, 6.45) is 0.0118. The molecule has 0 aromatic carbocycles. The number of likely N-dealkylation sites (tertiary alicyclic amines) is 1. The second-order valence-electron chi connectivity index (χ2n) is 11.6. The number of halogens is 1. The molecule has 2 unspecified atom stereocenters. The van der Waals surface area contributed by atoms with Crippen LogP contribution in [0.2, 0.25) is 0 Å². The van der Waals surface area contributed by atoms with Crippen LogP contribution in [-0.4, -0.2) is 129 Å². The molecule has 1 aliphatic heterocycles. The minimum absolute atomic E-state index is 0.00798. The van der Waals surface area contributed by atoms with Crippen molar-refractivity contribution in [1.29, 1.82) is 0 Å².